The number of halogens is 2. The van der Waals surface area contributed by atoms with Gasteiger partial charge in [-0.15, -0.1) is 11.3 Å². The fourth-order valence-electron chi connectivity index (χ4n) is 3.27. The SMILES string of the molecule is Cc1cccc(Cn2c(C(=O)NCc3ccccc3F)cc3sc(Br)cc32)c1. The first-order chi connectivity index (χ1) is 13.5. The maximum absolute atomic E-state index is 13.8. The van der Waals surface area contributed by atoms with Crippen LogP contribution in [0.15, 0.2) is 64.5 Å². The van der Waals surface area contributed by atoms with E-state index in [4.69, 9.17) is 0 Å². The van der Waals surface area contributed by atoms with Crippen LogP contribution < -0.4 is 5.32 Å². The number of carbonyl (C=O) groups is 1. The van der Waals surface area contributed by atoms with E-state index in [0.29, 0.717) is 17.8 Å². The van der Waals surface area contributed by atoms with Crippen LogP contribution in [0.25, 0.3) is 10.2 Å². The predicted octanol–water partition coefficient (Wildman–Crippen LogP) is 5.89. The van der Waals surface area contributed by atoms with Crippen molar-refractivity contribution >= 4 is 43.4 Å². The Bertz CT molecular complexity index is 1160. The first-order valence-corrected chi connectivity index (χ1v) is 10.5. The number of amides is 1. The summed E-state index contributed by atoms with van der Waals surface area (Å²) in [6.07, 6.45) is 0. The van der Waals surface area contributed by atoms with E-state index in [-0.39, 0.29) is 18.3 Å². The molecule has 0 spiro atoms. The molecule has 0 aliphatic rings. The number of thiophene rings is 1. The minimum absolute atomic E-state index is 0.151. The quantitative estimate of drug-likeness (QED) is 0.398. The van der Waals surface area contributed by atoms with Gasteiger partial charge in [0.15, 0.2) is 0 Å². The molecule has 0 fully saturated rings. The first-order valence-electron chi connectivity index (χ1n) is 8.87. The van der Waals surface area contributed by atoms with Gasteiger partial charge in [0.2, 0.25) is 0 Å². The molecule has 2 heterocycles. The Morgan fingerprint density at radius 2 is 1.96 bits per heavy atom. The molecule has 0 saturated carbocycles. The standard InChI is InChI=1S/C22H18BrFN2OS/c1-14-5-4-6-15(9-14)13-26-18-11-21(23)28-20(18)10-19(26)22(27)25-12-16-7-2-3-8-17(16)24/h2-11H,12-13H2,1H3,(H,25,27). The highest BCUT2D eigenvalue weighted by atomic mass is 79.9. The van der Waals surface area contributed by atoms with E-state index in [1.807, 2.05) is 22.8 Å². The summed E-state index contributed by atoms with van der Waals surface area (Å²) < 4.78 is 17.9. The largest absolute Gasteiger partial charge is 0.347 e. The van der Waals surface area contributed by atoms with Crippen LogP contribution in [0.5, 0.6) is 0 Å². The van der Waals surface area contributed by atoms with E-state index in [1.54, 1.807) is 29.5 Å². The van der Waals surface area contributed by atoms with Crippen LogP contribution in [0.4, 0.5) is 4.39 Å². The Balaban J connectivity index is 1.65. The zero-order chi connectivity index (χ0) is 19.7. The molecular weight excluding hydrogens is 439 g/mol. The van der Waals surface area contributed by atoms with Gasteiger partial charge in [0.25, 0.3) is 5.91 Å². The maximum atomic E-state index is 13.8. The number of nitrogens with zero attached hydrogens (tertiary/aromatic N) is 1. The van der Waals surface area contributed by atoms with E-state index >= 15 is 0 Å². The Morgan fingerprint density at radius 3 is 2.75 bits per heavy atom. The summed E-state index contributed by atoms with van der Waals surface area (Å²) >= 11 is 5.12. The van der Waals surface area contributed by atoms with Gasteiger partial charge in [-0.25, -0.2) is 4.39 Å². The number of hydrogen-bond acceptors (Lipinski definition) is 2. The van der Waals surface area contributed by atoms with Crippen molar-refractivity contribution in [3.8, 4) is 0 Å². The Kier molecular flexibility index (Phi) is 5.33. The maximum Gasteiger partial charge on any atom is 0.268 e. The zero-order valence-electron chi connectivity index (χ0n) is 15.2. The Labute approximate surface area is 174 Å². The van der Waals surface area contributed by atoms with Crippen LogP contribution >= 0.6 is 27.3 Å². The van der Waals surface area contributed by atoms with Crippen molar-refractivity contribution in [2.24, 2.45) is 0 Å². The van der Waals surface area contributed by atoms with Gasteiger partial charge in [0.05, 0.1) is 14.0 Å². The van der Waals surface area contributed by atoms with Gasteiger partial charge in [0.1, 0.15) is 11.5 Å². The van der Waals surface area contributed by atoms with Crippen molar-refractivity contribution in [1.82, 2.24) is 9.88 Å². The molecule has 4 aromatic rings. The molecule has 2 aromatic heterocycles. The van der Waals surface area contributed by atoms with E-state index in [1.165, 1.54) is 11.6 Å². The van der Waals surface area contributed by atoms with Gasteiger partial charge in [-0.1, -0.05) is 48.0 Å². The minimum Gasteiger partial charge on any atom is -0.347 e. The van der Waals surface area contributed by atoms with Crippen molar-refractivity contribution in [3.05, 3.63) is 92.7 Å². The highest BCUT2D eigenvalue weighted by Gasteiger charge is 2.18. The van der Waals surface area contributed by atoms with Gasteiger partial charge in [-0.3, -0.25) is 4.79 Å². The molecule has 1 N–H and O–H groups in total. The van der Waals surface area contributed by atoms with Crippen molar-refractivity contribution < 1.29 is 9.18 Å². The molecule has 142 valence electrons. The molecule has 28 heavy (non-hydrogen) atoms. The van der Waals surface area contributed by atoms with Crippen LogP contribution in [-0.4, -0.2) is 10.5 Å². The van der Waals surface area contributed by atoms with E-state index in [0.717, 1.165) is 19.6 Å². The summed E-state index contributed by atoms with van der Waals surface area (Å²) in [6, 6.07) is 18.7. The van der Waals surface area contributed by atoms with Crippen molar-refractivity contribution in [2.75, 3.05) is 0 Å². The average molecular weight is 457 g/mol. The second-order valence-electron chi connectivity index (χ2n) is 6.68. The molecule has 0 radical (unpaired) electrons. The third-order valence-corrected chi connectivity index (χ3v) is 6.19. The van der Waals surface area contributed by atoms with Crippen molar-refractivity contribution in [1.29, 1.82) is 0 Å². The van der Waals surface area contributed by atoms with Gasteiger partial charge in [0, 0.05) is 18.7 Å². The van der Waals surface area contributed by atoms with E-state index in [9.17, 15) is 9.18 Å². The lowest BCUT2D eigenvalue weighted by atomic mass is 10.1. The predicted molar refractivity (Wildman–Crippen MR) is 115 cm³/mol. The molecule has 3 nitrogen and oxygen atoms in total. The number of aromatic nitrogens is 1. The van der Waals surface area contributed by atoms with Crippen LogP contribution in [0.1, 0.15) is 27.2 Å². The Hall–Kier alpha value is -2.44. The van der Waals surface area contributed by atoms with Crippen LogP contribution in [0.3, 0.4) is 0 Å². The summed E-state index contributed by atoms with van der Waals surface area (Å²) in [5.74, 6) is -0.529. The van der Waals surface area contributed by atoms with Gasteiger partial charge >= 0.3 is 0 Å². The minimum atomic E-state index is -0.317. The van der Waals surface area contributed by atoms with Gasteiger partial charge in [-0.05, 0) is 46.6 Å². The number of carbonyl (C=O) groups excluding carboxylic acids is 1. The average Bonchev–Trinajstić information content (AvgIpc) is 3.18. The smallest absolute Gasteiger partial charge is 0.268 e. The molecule has 0 unspecified atom stereocenters. The fraction of sp³-hybridized carbons (Fsp3) is 0.136. The van der Waals surface area contributed by atoms with Crippen molar-refractivity contribution in [3.63, 3.8) is 0 Å². The molecule has 0 atom stereocenters. The topological polar surface area (TPSA) is 34.0 Å². The summed E-state index contributed by atoms with van der Waals surface area (Å²) in [5, 5.41) is 2.85. The first kappa shape index (κ1) is 18.9. The highest BCUT2D eigenvalue weighted by Crippen LogP contribution is 2.33. The van der Waals surface area contributed by atoms with Crippen molar-refractivity contribution in [2.45, 2.75) is 20.0 Å². The summed E-state index contributed by atoms with van der Waals surface area (Å²) in [6.45, 7) is 2.80. The third-order valence-electron chi connectivity index (χ3n) is 4.61. The molecule has 0 aliphatic heterocycles. The number of nitrogens with one attached hydrogen (secondary N) is 1. The third kappa shape index (κ3) is 3.88. The van der Waals surface area contributed by atoms with E-state index < -0.39 is 0 Å². The highest BCUT2D eigenvalue weighted by molar-refractivity contribution is 9.11. The second kappa shape index (κ2) is 7.89. The molecule has 4 rings (SSSR count). The van der Waals surface area contributed by atoms with Crippen LogP contribution in [-0.2, 0) is 13.1 Å². The number of rotatable bonds is 5. The monoisotopic (exact) mass is 456 g/mol. The van der Waals surface area contributed by atoms with E-state index in [2.05, 4.69) is 46.4 Å². The molecular formula is C22H18BrFN2OS. The lowest BCUT2D eigenvalue weighted by molar-refractivity contribution is 0.0942. The summed E-state index contributed by atoms with van der Waals surface area (Å²) in [5.41, 5.74) is 4.36. The molecule has 6 heteroatoms. The summed E-state index contributed by atoms with van der Waals surface area (Å²) in [7, 11) is 0. The molecule has 1 amide bonds. The molecule has 0 aliphatic carbocycles. The fourth-order valence-corrected chi connectivity index (χ4v) is 4.84. The van der Waals surface area contributed by atoms with Crippen LogP contribution in [0, 0.1) is 12.7 Å². The molecule has 2 aromatic carbocycles. The van der Waals surface area contributed by atoms with Crippen LogP contribution in [0.2, 0.25) is 0 Å². The lowest BCUT2D eigenvalue weighted by Crippen LogP contribution is -2.26. The summed E-state index contributed by atoms with van der Waals surface area (Å²) in [4.78, 5) is 12.9. The molecule has 0 saturated heterocycles. The number of aryl methyl sites for hydroxylation is 1. The van der Waals surface area contributed by atoms with Gasteiger partial charge < -0.3 is 9.88 Å². The van der Waals surface area contributed by atoms with Gasteiger partial charge in [-0.2, -0.15) is 0 Å². The normalized spacial score (nSPS) is 11.1. The lowest BCUT2D eigenvalue weighted by Gasteiger charge is -2.12. The number of hydrogen-bond donors (Lipinski definition) is 1. The zero-order valence-corrected chi connectivity index (χ0v) is 17.6. The Morgan fingerprint density at radius 1 is 1.14 bits per heavy atom. The number of fused-ring (bicyclic) bond motifs is 1. The second-order valence-corrected chi connectivity index (χ2v) is 9.14. The number of benzene rings is 2. The molecule has 0 bridgehead atoms.